The Balaban J connectivity index is 1.52. The molecule has 2 aromatic rings. The average molecular weight is 455 g/mol. The van der Waals surface area contributed by atoms with Gasteiger partial charge >= 0.3 is 0 Å². The number of hydrogen-bond donors (Lipinski definition) is 0. The van der Waals surface area contributed by atoms with E-state index in [0.717, 1.165) is 10.0 Å². The minimum absolute atomic E-state index is 0.0898. The van der Waals surface area contributed by atoms with Crippen molar-refractivity contribution >= 4 is 45.3 Å². The van der Waals surface area contributed by atoms with Crippen LogP contribution in [-0.4, -0.2) is 48.8 Å². The smallest absolute Gasteiger partial charge is 0.299 e. The van der Waals surface area contributed by atoms with Gasteiger partial charge in [0.1, 0.15) is 0 Å². The van der Waals surface area contributed by atoms with Gasteiger partial charge in [-0.2, -0.15) is 0 Å². The lowest BCUT2D eigenvalue weighted by atomic mass is 10.1. The highest BCUT2D eigenvalue weighted by molar-refractivity contribution is 9.10. The number of amides is 2. The van der Waals surface area contributed by atoms with Crippen molar-refractivity contribution < 1.29 is 19.1 Å². The molecule has 2 aliphatic heterocycles. The van der Waals surface area contributed by atoms with Gasteiger partial charge in [0.15, 0.2) is 0 Å². The normalized spacial score (nSPS) is 16.6. The lowest BCUT2D eigenvalue weighted by molar-refractivity contribution is -0.129. The van der Waals surface area contributed by atoms with E-state index in [0.29, 0.717) is 49.7 Å². The van der Waals surface area contributed by atoms with Gasteiger partial charge in [-0.05, 0) is 41.5 Å². The minimum Gasteiger partial charge on any atom is -0.378 e. The zero-order chi connectivity index (χ0) is 20.4. The highest BCUT2D eigenvalue weighted by Gasteiger charge is 2.35. The van der Waals surface area contributed by atoms with Gasteiger partial charge in [-0.15, -0.1) is 0 Å². The van der Waals surface area contributed by atoms with Gasteiger partial charge in [0.05, 0.1) is 31.0 Å². The van der Waals surface area contributed by atoms with Crippen LogP contribution in [0.2, 0.25) is 0 Å². The summed E-state index contributed by atoms with van der Waals surface area (Å²) in [6.45, 7) is 2.57. The van der Waals surface area contributed by atoms with Gasteiger partial charge in [0.2, 0.25) is 5.91 Å². The fourth-order valence-electron chi connectivity index (χ4n) is 3.41. The first-order valence-corrected chi connectivity index (χ1v) is 10.1. The van der Waals surface area contributed by atoms with Crippen molar-refractivity contribution in [1.29, 1.82) is 0 Å². The number of carbonyl (C=O) groups is 3. The van der Waals surface area contributed by atoms with E-state index < -0.39 is 11.7 Å². The minimum atomic E-state index is -0.534. The van der Waals surface area contributed by atoms with E-state index >= 15 is 0 Å². The summed E-state index contributed by atoms with van der Waals surface area (Å²) in [5.74, 6) is -1.15. The van der Waals surface area contributed by atoms with Crippen LogP contribution in [0.3, 0.4) is 0 Å². The van der Waals surface area contributed by atoms with Crippen LogP contribution < -0.4 is 4.90 Å². The van der Waals surface area contributed by atoms with Gasteiger partial charge in [0, 0.05) is 23.6 Å². The van der Waals surface area contributed by atoms with Gasteiger partial charge in [0.25, 0.3) is 11.7 Å². The maximum absolute atomic E-state index is 12.5. The monoisotopic (exact) mass is 454 g/mol. The molecule has 1 saturated heterocycles. The number of carbonyl (C=O) groups excluding carboxylic acids is 3. The lowest BCUT2D eigenvalue weighted by Crippen LogP contribution is -2.39. The Hall–Kier alpha value is -2.77. The van der Waals surface area contributed by atoms with Crippen LogP contribution in [0.4, 0.5) is 5.69 Å². The molecule has 0 N–H and O–H groups in total. The Morgan fingerprint density at radius 1 is 1.07 bits per heavy atom. The number of ether oxygens (including phenoxy) is 1. The third kappa shape index (κ3) is 4.16. The summed E-state index contributed by atoms with van der Waals surface area (Å²) >= 11 is 3.39. The number of benzene rings is 2. The van der Waals surface area contributed by atoms with Crippen molar-refractivity contribution in [2.45, 2.75) is 6.54 Å². The molecule has 4 rings (SSSR count). The summed E-state index contributed by atoms with van der Waals surface area (Å²) in [6, 6.07) is 12.9. The topological polar surface area (TPSA) is 66.9 Å². The number of nitrogens with zero attached hydrogens (tertiary/aromatic N) is 2. The molecule has 2 aromatic carbocycles. The molecule has 0 aromatic heterocycles. The summed E-state index contributed by atoms with van der Waals surface area (Å²) in [7, 11) is 0. The van der Waals surface area contributed by atoms with Crippen molar-refractivity contribution in [2.75, 3.05) is 31.2 Å². The highest BCUT2D eigenvalue weighted by Crippen LogP contribution is 2.31. The second-order valence-electron chi connectivity index (χ2n) is 6.89. The Kier molecular flexibility index (Phi) is 5.60. The number of morpholine rings is 1. The molecule has 2 aliphatic rings. The maximum Gasteiger partial charge on any atom is 0.299 e. The van der Waals surface area contributed by atoms with Crippen LogP contribution >= 0.6 is 15.9 Å². The average Bonchev–Trinajstić information content (AvgIpc) is 2.98. The van der Waals surface area contributed by atoms with E-state index in [2.05, 4.69) is 15.9 Å². The summed E-state index contributed by atoms with van der Waals surface area (Å²) in [5, 5.41) is 0. The first kappa shape index (κ1) is 19.5. The summed E-state index contributed by atoms with van der Waals surface area (Å²) in [5.41, 5.74) is 2.60. The largest absolute Gasteiger partial charge is 0.378 e. The van der Waals surface area contributed by atoms with E-state index in [9.17, 15) is 14.4 Å². The molecule has 7 heteroatoms. The lowest BCUT2D eigenvalue weighted by Gasteiger charge is -2.25. The number of rotatable bonds is 4. The number of hydrogen-bond acceptors (Lipinski definition) is 4. The van der Waals surface area contributed by atoms with Gasteiger partial charge in [-0.1, -0.05) is 34.1 Å². The number of ketones is 1. The molecule has 148 valence electrons. The Labute approximate surface area is 176 Å². The van der Waals surface area contributed by atoms with E-state index in [1.807, 2.05) is 30.3 Å². The molecule has 6 nitrogen and oxygen atoms in total. The van der Waals surface area contributed by atoms with Crippen LogP contribution in [0, 0.1) is 0 Å². The van der Waals surface area contributed by atoms with Crippen LogP contribution in [0.25, 0.3) is 6.08 Å². The fraction of sp³-hybridized carbons (Fsp3) is 0.227. The van der Waals surface area contributed by atoms with E-state index in [-0.39, 0.29) is 5.91 Å². The fourth-order valence-corrected chi connectivity index (χ4v) is 3.67. The number of anilines is 1. The molecule has 29 heavy (non-hydrogen) atoms. The zero-order valence-corrected chi connectivity index (χ0v) is 17.2. The number of Topliss-reactive ketones (excluding diaryl/α,β-unsaturated/α-hetero) is 1. The molecule has 0 atom stereocenters. The van der Waals surface area contributed by atoms with Crippen molar-refractivity contribution in [2.24, 2.45) is 0 Å². The van der Waals surface area contributed by atoms with Crippen molar-refractivity contribution in [1.82, 2.24) is 4.90 Å². The third-order valence-corrected chi connectivity index (χ3v) is 5.52. The van der Waals surface area contributed by atoms with Crippen LogP contribution in [0.1, 0.15) is 21.5 Å². The van der Waals surface area contributed by atoms with E-state index in [1.54, 1.807) is 23.1 Å². The van der Waals surface area contributed by atoms with Crippen LogP contribution in [-0.2, 0) is 20.9 Å². The molecule has 0 aliphatic carbocycles. The molecule has 0 spiro atoms. The first-order chi connectivity index (χ1) is 14.0. The van der Waals surface area contributed by atoms with Crippen molar-refractivity contribution in [3.63, 3.8) is 0 Å². The number of fused-ring (bicyclic) bond motifs is 1. The maximum atomic E-state index is 12.5. The summed E-state index contributed by atoms with van der Waals surface area (Å²) in [4.78, 5) is 40.4. The Morgan fingerprint density at radius 3 is 2.52 bits per heavy atom. The molecule has 0 radical (unpaired) electrons. The van der Waals surface area contributed by atoms with Crippen LogP contribution in [0.5, 0.6) is 0 Å². The molecule has 0 saturated carbocycles. The standard InChI is InChI=1S/C22H19BrN2O4/c23-17-5-1-16(2-6-17)14-25-19-7-3-15(13-18(19)21(27)22(25)28)4-8-20(26)24-9-11-29-12-10-24/h1-8,13H,9-12,14H2/b8-4+. The highest BCUT2D eigenvalue weighted by atomic mass is 79.9. The van der Waals surface area contributed by atoms with E-state index in [1.165, 1.54) is 11.0 Å². The zero-order valence-electron chi connectivity index (χ0n) is 15.6. The molecular weight excluding hydrogens is 436 g/mol. The Morgan fingerprint density at radius 2 is 1.79 bits per heavy atom. The van der Waals surface area contributed by atoms with Crippen LogP contribution in [0.15, 0.2) is 53.0 Å². The molecule has 2 amide bonds. The van der Waals surface area contributed by atoms with Crippen molar-refractivity contribution in [3.8, 4) is 0 Å². The second kappa shape index (κ2) is 8.31. The molecular formula is C22H19BrN2O4. The van der Waals surface area contributed by atoms with Gasteiger partial charge in [-0.25, -0.2) is 0 Å². The third-order valence-electron chi connectivity index (χ3n) is 4.99. The second-order valence-corrected chi connectivity index (χ2v) is 7.81. The molecule has 0 bridgehead atoms. The molecule has 2 heterocycles. The summed E-state index contributed by atoms with van der Waals surface area (Å²) < 4.78 is 6.20. The molecule has 1 fully saturated rings. The van der Waals surface area contributed by atoms with Gasteiger partial charge < -0.3 is 14.5 Å². The first-order valence-electron chi connectivity index (χ1n) is 9.32. The molecule has 0 unspecified atom stereocenters. The van der Waals surface area contributed by atoms with Crippen molar-refractivity contribution in [3.05, 3.63) is 69.7 Å². The van der Waals surface area contributed by atoms with E-state index in [4.69, 9.17) is 4.74 Å². The number of halogens is 1. The Bertz CT molecular complexity index is 994. The quantitative estimate of drug-likeness (QED) is 0.525. The predicted molar refractivity (Wildman–Crippen MR) is 113 cm³/mol. The SMILES string of the molecule is O=C1C(=O)N(Cc2ccc(Br)cc2)c2ccc(/C=C/C(=O)N3CCOCC3)cc21. The summed E-state index contributed by atoms with van der Waals surface area (Å²) in [6.07, 6.45) is 3.17. The predicted octanol–water partition coefficient (Wildman–Crippen LogP) is 3.05. The van der Waals surface area contributed by atoms with Gasteiger partial charge in [-0.3, -0.25) is 14.4 Å².